The number of nitrogens with one attached hydrogen (secondary N) is 3. The van der Waals surface area contributed by atoms with Gasteiger partial charge in [0.05, 0.1) is 18.4 Å². The summed E-state index contributed by atoms with van der Waals surface area (Å²) in [5, 5.41) is 7.93. The Morgan fingerprint density at radius 1 is 0.781 bits per heavy atom. The van der Waals surface area contributed by atoms with Crippen LogP contribution in [0.15, 0.2) is 78.9 Å². The molecule has 0 aliphatic rings. The van der Waals surface area contributed by atoms with E-state index in [4.69, 9.17) is 4.74 Å². The highest BCUT2D eigenvalue weighted by Gasteiger charge is 2.17. The smallest absolute Gasteiger partial charge is 0.313 e. The third kappa shape index (κ3) is 6.43. The lowest BCUT2D eigenvalue weighted by atomic mass is 10.1. The minimum Gasteiger partial charge on any atom is -0.497 e. The summed E-state index contributed by atoms with van der Waals surface area (Å²) in [4.78, 5) is 37.2. The van der Waals surface area contributed by atoms with Gasteiger partial charge in [-0.15, -0.1) is 0 Å². The van der Waals surface area contributed by atoms with Gasteiger partial charge in [0, 0.05) is 13.1 Å². The van der Waals surface area contributed by atoms with E-state index >= 15 is 0 Å². The summed E-state index contributed by atoms with van der Waals surface area (Å²) in [5.41, 5.74) is 2.46. The Morgan fingerprint density at radius 3 is 2.28 bits per heavy atom. The van der Waals surface area contributed by atoms with Crippen molar-refractivity contribution in [3.05, 3.63) is 95.6 Å². The number of para-hydroxylation sites is 1. The minimum absolute atomic E-state index is 0.172. The lowest BCUT2D eigenvalue weighted by Gasteiger charge is -2.12. The summed E-state index contributed by atoms with van der Waals surface area (Å²) in [5.74, 6) is -1.31. The molecular weight excluding hydrogens is 406 g/mol. The van der Waals surface area contributed by atoms with Crippen LogP contribution in [0.5, 0.6) is 5.75 Å². The van der Waals surface area contributed by atoms with Crippen LogP contribution in [0.1, 0.15) is 21.5 Å². The molecule has 0 aliphatic carbocycles. The molecule has 0 spiro atoms. The summed E-state index contributed by atoms with van der Waals surface area (Å²) in [6.45, 7) is 0.622. The lowest BCUT2D eigenvalue weighted by molar-refractivity contribution is -0.136. The molecule has 7 nitrogen and oxygen atoms in total. The maximum atomic E-state index is 12.6. The summed E-state index contributed by atoms with van der Waals surface area (Å²) in [6, 6.07) is 23.6. The van der Waals surface area contributed by atoms with Crippen molar-refractivity contribution in [3.63, 3.8) is 0 Å². The second-order valence-electron chi connectivity index (χ2n) is 7.03. The molecule has 3 aromatic rings. The highest BCUT2D eigenvalue weighted by Crippen LogP contribution is 2.15. The van der Waals surface area contributed by atoms with Crippen LogP contribution in [-0.2, 0) is 22.6 Å². The molecule has 164 valence electrons. The molecule has 3 amide bonds. The van der Waals surface area contributed by atoms with Crippen molar-refractivity contribution in [2.45, 2.75) is 13.0 Å². The van der Waals surface area contributed by atoms with Gasteiger partial charge in [-0.05, 0) is 41.8 Å². The standard InChI is InChI=1S/C25H25N3O4/c1-32-20-11-7-10-19(16-20)17-27-24(30)25(31)28-22-13-6-5-12-21(22)23(29)26-15-14-18-8-3-2-4-9-18/h2-13,16H,14-15,17H2,1H3,(H,26,29)(H,27,30)(H,28,31). The zero-order valence-corrected chi connectivity index (χ0v) is 17.8. The maximum Gasteiger partial charge on any atom is 0.313 e. The molecule has 3 rings (SSSR count). The Kier molecular flexibility index (Phi) is 7.97. The summed E-state index contributed by atoms with van der Waals surface area (Å²) >= 11 is 0. The first-order valence-electron chi connectivity index (χ1n) is 10.2. The van der Waals surface area contributed by atoms with Crippen LogP contribution in [0.3, 0.4) is 0 Å². The topological polar surface area (TPSA) is 96.5 Å². The minimum atomic E-state index is -0.850. The van der Waals surface area contributed by atoms with E-state index < -0.39 is 11.8 Å². The van der Waals surface area contributed by atoms with Crippen molar-refractivity contribution in [2.75, 3.05) is 19.0 Å². The Labute approximate surface area is 186 Å². The van der Waals surface area contributed by atoms with Crippen LogP contribution in [-0.4, -0.2) is 31.4 Å². The van der Waals surface area contributed by atoms with E-state index in [2.05, 4.69) is 16.0 Å². The van der Waals surface area contributed by atoms with E-state index in [1.165, 1.54) is 0 Å². The molecule has 0 aliphatic heterocycles. The normalized spacial score (nSPS) is 10.2. The molecular formula is C25H25N3O4. The maximum absolute atomic E-state index is 12.6. The molecule has 0 radical (unpaired) electrons. The average molecular weight is 431 g/mol. The third-order valence-corrected chi connectivity index (χ3v) is 4.76. The fourth-order valence-corrected chi connectivity index (χ4v) is 3.07. The molecule has 0 aromatic heterocycles. The van der Waals surface area contributed by atoms with Crippen molar-refractivity contribution in [1.29, 1.82) is 0 Å². The number of ether oxygens (including phenoxy) is 1. The van der Waals surface area contributed by atoms with Gasteiger partial charge in [0.1, 0.15) is 5.75 Å². The fraction of sp³-hybridized carbons (Fsp3) is 0.160. The number of hydrogen-bond acceptors (Lipinski definition) is 4. The highest BCUT2D eigenvalue weighted by atomic mass is 16.5. The monoisotopic (exact) mass is 431 g/mol. The van der Waals surface area contributed by atoms with Crippen molar-refractivity contribution >= 4 is 23.4 Å². The van der Waals surface area contributed by atoms with E-state index in [-0.39, 0.29) is 23.7 Å². The predicted octanol–water partition coefficient (Wildman–Crippen LogP) is 2.92. The average Bonchev–Trinajstić information content (AvgIpc) is 2.83. The number of amides is 3. The van der Waals surface area contributed by atoms with E-state index in [0.717, 1.165) is 11.1 Å². The second kappa shape index (κ2) is 11.3. The largest absolute Gasteiger partial charge is 0.497 e. The van der Waals surface area contributed by atoms with Gasteiger partial charge in [0.2, 0.25) is 0 Å². The third-order valence-electron chi connectivity index (χ3n) is 4.76. The molecule has 0 bridgehead atoms. The van der Waals surface area contributed by atoms with Crippen LogP contribution in [0.25, 0.3) is 0 Å². The van der Waals surface area contributed by atoms with Crippen LogP contribution in [0, 0.1) is 0 Å². The molecule has 32 heavy (non-hydrogen) atoms. The van der Waals surface area contributed by atoms with Crippen molar-refractivity contribution < 1.29 is 19.1 Å². The van der Waals surface area contributed by atoms with Gasteiger partial charge < -0.3 is 20.7 Å². The molecule has 0 unspecified atom stereocenters. The summed E-state index contributed by atoms with van der Waals surface area (Å²) in [6.07, 6.45) is 0.688. The molecule has 0 fully saturated rings. The lowest BCUT2D eigenvalue weighted by Crippen LogP contribution is -2.35. The van der Waals surface area contributed by atoms with E-state index in [1.807, 2.05) is 36.4 Å². The number of benzene rings is 3. The van der Waals surface area contributed by atoms with E-state index in [0.29, 0.717) is 18.7 Å². The molecule has 0 atom stereocenters. The fourth-order valence-electron chi connectivity index (χ4n) is 3.07. The molecule has 0 saturated heterocycles. The van der Waals surface area contributed by atoms with Gasteiger partial charge in [-0.1, -0.05) is 54.6 Å². The molecule has 3 N–H and O–H groups in total. The number of anilines is 1. The summed E-state index contributed by atoms with van der Waals surface area (Å²) < 4.78 is 5.15. The number of carbonyl (C=O) groups excluding carboxylic acids is 3. The first-order chi connectivity index (χ1) is 15.6. The van der Waals surface area contributed by atoms with Crippen molar-refractivity contribution in [1.82, 2.24) is 10.6 Å². The summed E-state index contributed by atoms with van der Waals surface area (Å²) in [7, 11) is 1.56. The van der Waals surface area contributed by atoms with Gasteiger partial charge in [0.25, 0.3) is 5.91 Å². The number of carbonyl (C=O) groups is 3. The van der Waals surface area contributed by atoms with E-state index in [1.54, 1.807) is 49.6 Å². The number of hydrogen-bond donors (Lipinski definition) is 3. The van der Waals surface area contributed by atoms with Crippen molar-refractivity contribution in [2.24, 2.45) is 0 Å². The molecule has 7 heteroatoms. The van der Waals surface area contributed by atoms with Crippen LogP contribution >= 0.6 is 0 Å². The zero-order chi connectivity index (χ0) is 22.8. The first kappa shape index (κ1) is 22.6. The van der Waals surface area contributed by atoms with Gasteiger partial charge in [-0.3, -0.25) is 14.4 Å². The van der Waals surface area contributed by atoms with Gasteiger partial charge in [-0.25, -0.2) is 0 Å². The highest BCUT2D eigenvalue weighted by molar-refractivity contribution is 6.40. The molecule has 3 aromatic carbocycles. The van der Waals surface area contributed by atoms with Gasteiger partial charge >= 0.3 is 11.8 Å². The Morgan fingerprint density at radius 2 is 1.50 bits per heavy atom. The number of rotatable bonds is 8. The SMILES string of the molecule is COc1cccc(CNC(=O)C(=O)Nc2ccccc2C(=O)NCCc2ccccc2)c1. The molecule has 0 heterocycles. The second-order valence-corrected chi connectivity index (χ2v) is 7.03. The first-order valence-corrected chi connectivity index (χ1v) is 10.2. The van der Waals surface area contributed by atoms with E-state index in [9.17, 15) is 14.4 Å². The Balaban J connectivity index is 1.55. The van der Waals surface area contributed by atoms with Crippen LogP contribution in [0.2, 0.25) is 0 Å². The Hall–Kier alpha value is -4.13. The van der Waals surface area contributed by atoms with Gasteiger partial charge in [-0.2, -0.15) is 0 Å². The van der Waals surface area contributed by atoms with Crippen molar-refractivity contribution in [3.8, 4) is 5.75 Å². The number of methoxy groups -OCH3 is 1. The Bertz CT molecular complexity index is 1080. The zero-order valence-electron chi connectivity index (χ0n) is 17.8. The quantitative estimate of drug-likeness (QED) is 0.478. The van der Waals surface area contributed by atoms with Gasteiger partial charge in [0.15, 0.2) is 0 Å². The van der Waals surface area contributed by atoms with Crippen LogP contribution in [0.4, 0.5) is 5.69 Å². The van der Waals surface area contributed by atoms with Crippen LogP contribution < -0.4 is 20.7 Å². The predicted molar refractivity (Wildman–Crippen MR) is 122 cm³/mol. The molecule has 0 saturated carbocycles.